The number of aliphatic carboxylic acids is 1. The van der Waals surface area contributed by atoms with Crippen molar-refractivity contribution in [3.05, 3.63) is 34.9 Å². The second kappa shape index (κ2) is 4.23. The predicted octanol–water partition coefficient (Wildman–Crippen LogP) is 0.929. The van der Waals surface area contributed by atoms with E-state index in [1.54, 1.807) is 24.3 Å². The first-order valence-electron chi connectivity index (χ1n) is 3.60. The predicted molar refractivity (Wildman–Crippen MR) is 49.2 cm³/mol. The first-order valence-corrected chi connectivity index (χ1v) is 3.98. The third kappa shape index (κ3) is 2.18. The van der Waals surface area contributed by atoms with Crippen molar-refractivity contribution in [3.63, 3.8) is 0 Å². The number of rotatable bonds is 3. The summed E-state index contributed by atoms with van der Waals surface area (Å²) in [5.74, 6) is 4.03. The lowest BCUT2D eigenvalue weighted by atomic mass is 10.1. The zero-order chi connectivity index (χ0) is 9.84. The molecule has 0 aliphatic rings. The van der Waals surface area contributed by atoms with E-state index in [0.717, 1.165) is 0 Å². The minimum atomic E-state index is -1.06. The fourth-order valence-corrected chi connectivity index (χ4v) is 1.25. The fourth-order valence-electron chi connectivity index (χ4n) is 1.00. The highest BCUT2D eigenvalue weighted by atomic mass is 35.5. The fraction of sp³-hybridized carbons (Fsp3) is 0.125. The van der Waals surface area contributed by atoms with E-state index in [9.17, 15) is 4.79 Å². The monoisotopic (exact) mass is 200 g/mol. The average Bonchev–Trinajstić information content (AvgIpc) is 2.09. The standard InChI is InChI=1S/C8H9ClN2O2/c9-6-4-2-1-3-5(6)7(11-10)8(12)13/h1-4,7,11H,10H2,(H,12,13). The number of halogens is 1. The highest BCUT2D eigenvalue weighted by Gasteiger charge is 2.19. The van der Waals surface area contributed by atoms with Crippen LogP contribution in [-0.4, -0.2) is 11.1 Å². The molecule has 13 heavy (non-hydrogen) atoms. The van der Waals surface area contributed by atoms with Gasteiger partial charge in [0.25, 0.3) is 0 Å². The number of benzene rings is 1. The summed E-state index contributed by atoms with van der Waals surface area (Å²) in [5.41, 5.74) is 2.63. The quantitative estimate of drug-likeness (QED) is 0.501. The summed E-state index contributed by atoms with van der Waals surface area (Å²) in [5, 5.41) is 9.13. The van der Waals surface area contributed by atoms with E-state index in [1.807, 2.05) is 0 Å². The van der Waals surface area contributed by atoms with Crippen LogP contribution in [0.2, 0.25) is 5.02 Å². The van der Waals surface area contributed by atoms with Crippen LogP contribution in [0.25, 0.3) is 0 Å². The minimum Gasteiger partial charge on any atom is -0.480 e. The SMILES string of the molecule is NNC(C(=O)O)c1ccccc1Cl. The van der Waals surface area contributed by atoms with Gasteiger partial charge in [-0.05, 0) is 6.07 Å². The van der Waals surface area contributed by atoms with Gasteiger partial charge in [0.05, 0.1) is 0 Å². The van der Waals surface area contributed by atoms with Crippen LogP contribution in [0, 0.1) is 0 Å². The number of hydrogen-bond acceptors (Lipinski definition) is 3. The van der Waals surface area contributed by atoms with E-state index in [0.29, 0.717) is 10.6 Å². The molecule has 0 amide bonds. The Bertz CT molecular complexity index is 317. The van der Waals surface area contributed by atoms with Crippen molar-refractivity contribution >= 4 is 17.6 Å². The number of nitrogens with one attached hydrogen (secondary N) is 1. The molecular formula is C8H9ClN2O2. The van der Waals surface area contributed by atoms with Crippen LogP contribution in [-0.2, 0) is 4.79 Å². The molecule has 0 saturated carbocycles. The average molecular weight is 201 g/mol. The Morgan fingerprint density at radius 1 is 1.54 bits per heavy atom. The van der Waals surface area contributed by atoms with Gasteiger partial charge in [-0.1, -0.05) is 29.8 Å². The lowest BCUT2D eigenvalue weighted by Crippen LogP contribution is -2.33. The summed E-state index contributed by atoms with van der Waals surface area (Å²) in [6.07, 6.45) is 0. The van der Waals surface area contributed by atoms with Crippen LogP contribution < -0.4 is 11.3 Å². The lowest BCUT2D eigenvalue weighted by Gasteiger charge is -2.12. The summed E-state index contributed by atoms with van der Waals surface area (Å²) in [6, 6.07) is 5.69. The minimum absolute atomic E-state index is 0.382. The van der Waals surface area contributed by atoms with E-state index in [-0.39, 0.29) is 0 Å². The molecule has 0 aliphatic carbocycles. The molecule has 5 heteroatoms. The first-order chi connectivity index (χ1) is 6.16. The molecule has 70 valence electrons. The molecule has 0 bridgehead atoms. The summed E-state index contributed by atoms with van der Waals surface area (Å²) < 4.78 is 0. The second-order valence-corrected chi connectivity index (χ2v) is 2.87. The van der Waals surface area contributed by atoms with Crippen molar-refractivity contribution in [1.82, 2.24) is 5.43 Å². The van der Waals surface area contributed by atoms with Gasteiger partial charge in [-0.15, -0.1) is 0 Å². The molecule has 0 spiro atoms. The lowest BCUT2D eigenvalue weighted by molar-refractivity contribution is -0.139. The zero-order valence-electron chi connectivity index (χ0n) is 6.70. The summed E-state index contributed by atoms with van der Waals surface area (Å²) >= 11 is 5.78. The van der Waals surface area contributed by atoms with Gasteiger partial charge < -0.3 is 5.11 Å². The largest absolute Gasteiger partial charge is 0.480 e. The van der Waals surface area contributed by atoms with Gasteiger partial charge in [-0.3, -0.25) is 10.6 Å². The van der Waals surface area contributed by atoms with Crippen molar-refractivity contribution in [2.24, 2.45) is 5.84 Å². The number of carbonyl (C=O) groups is 1. The summed E-state index contributed by atoms with van der Waals surface area (Å²) in [6.45, 7) is 0. The normalized spacial score (nSPS) is 12.5. The maximum absolute atomic E-state index is 10.7. The van der Waals surface area contributed by atoms with Crippen LogP contribution in [0.1, 0.15) is 11.6 Å². The summed E-state index contributed by atoms with van der Waals surface area (Å²) in [4.78, 5) is 10.7. The highest BCUT2D eigenvalue weighted by Crippen LogP contribution is 2.21. The molecule has 1 atom stereocenters. The maximum Gasteiger partial charge on any atom is 0.326 e. The van der Waals surface area contributed by atoms with E-state index in [2.05, 4.69) is 5.43 Å². The van der Waals surface area contributed by atoms with Gasteiger partial charge in [-0.2, -0.15) is 0 Å². The molecule has 4 nitrogen and oxygen atoms in total. The number of carboxylic acids is 1. The highest BCUT2D eigenvalue weighted by molar-refractivity contribution is 6.31. The van der Waals surface area contributed by atoms with Gasteiger partial charge in [0, 0.05) is 10.6 Å². The van der Waals surface area contributed by atoms with Crippen molar-refractivity contribution in [2.75, 3.05) is 0 Å². The Balaban J connectivity index is 3.04. The van der Waals surface area contributed by atoms with Crippen molar-refractivity contribution < 1.29 is 9.90 Å². The van der Waals surface area contributed by atoms with Gasteiger partial charge in [-0.25, -0.2) is 5.43 Å². The zero-order valence-corrected chi connectivity index (χ0v) is 7.45. The number of nitrogens with two attached hydrogens (primary N) is 1. The van der Waals surface area contributed by atoms with E-state index in [4.69, 9.17) is 22.6 Å². The van der Waals surface area contributed by atoms with Crippen LogP contribution in [0.4, 0.5) is 0 Å². The van der Waals surface area contributed by atoms with Crippen LogP contribution in [0.15, 0.2) is 24.3 Å². The molecule has 0 aliphatic heterocycles. The molecule has 0 radical (unpaired) electrons. The van der Waals surface area contributed by atoms with Crippen LogP contribution >= 0.6 is 11.6 Å². The summed E-state index contributed by atoms with van der Waals surface area (Å²) in [7, 11) is 0. The van der Waals surface area contributed by atoms with E-state index in [1.165, 1.54) is 0 Å². The third-order valence-electron chi connectivity index (χ3n) is 1.63. The molecule has 1 unspecified atom stereocenters. The van der Waals surface area contributed by atoms with Crippen LogP contribution in [0.3, 0.4) is 0 Å². The maximum atomic E-state index is 10.7. The van der Waals surface area contributed by atoms with Gasteiger partial charge >= 0.3 is 5.97 Å². The van der Waals surface area contributed by atoms with Gasteiger partial charge in [0.1, 0.15) is 6.04 Å². The second-order valence-electron chi connectivity index (χ2n) is 2.46. The molecule has 1 aromatic rings. The molecule has 1 aromatic carbocycles. The van der Waals surface area contributed by atoms with E-state index < -0.39 is 12.0 Å². The van der Waals surface area contributed by atoms with Gasteiger partial charge in [0.2, 0.25) is 0 Å². The van der Waals surface area contributed by atoms with Crippen LogP contribution in [0.5, 0.6) is 0 Å². The third-order valence-corrected chi connectivity index (χ3v) is 1.97. The van der Waals surface area contributed by atoms with Crippen molar-refractivity contribution in [3.8, 4) is 0 Å². The Hall–Kier alpha value is -1.10. The van der Waals surface area contributed by atoms with Crippen molar-refractivity contribution in [2.45, 2.75) is 6.04 Å². The molecule has 0 aromatic heterocycles. The topological polar surface area (TPSA) is 75.3 Å². The molecule has 4 N–H and O–H groups in total. The molecular weight excluding hydrogens is 192 g/mol. The Morgan fingerprint density at radius 3 is 2.62 bits per heavy atom. The van der Waals surface area contributed by atoms with Gasteiger partial charge in [0.15, 0.2) is 0 Å². The Kier molecular flexibility index (Phi) is 3.25. The Morgan fingerprint density at radius 2 is 2.15 bits per heavy atom. The molecule has 1 rings (SSSR count). The number of carboxylic acid groups (broad SMARTS) is 1. The first kappa shape index (κ1) is 9.98. The number of hydrogen-bond donors (Lipinski definition) is 3. The Labute approximate surface area is 80.3 Å². The molecule has 0 fully saturated rings. The number of hydrazine groups is 1. The smallest absolute Gasteiger partial charge is 0.326 e. The molecule has 0 heterocycles. The van der Waals surface area contributed by atoms with Crippen molar-refractivity contribution in [1.29, 1.82) is 0 Å². The van der Waals surface area contributed by atoms with E-state index >= 15 is 0 Å². The molecule has 0 saturated heterocycles.